The number of carbonyl (C=O) groups is 1. The van der Waals surface area contributed by atoms with Crippen LogP contribution in [-0.4, -0.2) is 12.6 Å². The zero-order chi connectivity index (χ0) is 11.1. The van der Waals surface area contributed by atoms with Gasteiger partial charge in [0.15, 0.2) is 0 Å². The normalized spacial score (nSPS) is 10.0. The first-order valence-corrected chi connectivity index (χ1v) is 6.17. The molecule has 0 aliphatic heterocycles. The van der Waals surface area contributed by atoms with E-state index in [0.29, 0.717) is 13.0 Å². The molecule has 82 valence electrons. The highest BCUT2D eigenvalue weighted by Crippen LogP contribution is 2.08. The lowest BCUT2D eigenvalue weighted by molar-refractivity contribution is -0.142. The van der Waals surface area contributed by atoms with Gasteiger partial charge in [-0.25, -0.2) is 0 Å². The van der Waals surface area contributed by atoms with E-state index in [1.165, 1.54) is 5.56 Å². The van der Waals surface area contributed by atoms with Crippen molar-refractivity contribution in [3.05, 3.63) is 35.4 Å². The van der Waals surface area contributed by atoms with E-state index in [1.807, 2.05) is 31.2 Å². The maximum atomic E-state index is 11.3. The third-order valence-electron chi connectivity index (χ3n) is 1.99. The predicted octanol–water partition coefficient (Wildman–Crippen LogP) is 3.08. The highest BCUT2D eigenvalue weighted by atomic mass is 79.9. The topological polar surface area (TPSA) is 26.3 Å². The van der Waals surface area contributed by atoms with Crippen LogP contribution in [0.5, 0.6) is 0 Å². The van der Waals surface area contributed by atoms with Crippen LogP contribution >= 0.6 is 15.9 Å². The number of esters is 1. The van der Waals surface area contributed by atoms with Gasteiger partial charge < -0.3 is 4.74 Å². The summed E-state index contributed by atoms with van der Waals surface area (Å²) in [5.41, 5.74) is 2.21. The molecule has 0 aliphatic carbocycles. The Hall–Kier alpha value is -0.830. The fourth-order valence-corrected chi connectivity index (χ4v) is 1.55. The number of hydrogen-bond acceptors (Lipinski definition) is 2. The Balaban J connectivity index is 2.46. The summed E-state index contributed by atoms with van der Waals surface area (Å²) in [6.07, 6.45) is 1.23. The Kier molecular flexibility index (Phi) is 5.40. The lowest BCUT2D eigenvalue weighted by atomic mass is 10.1. The highest BCUT2D eigenvalue weighted by molar-refractivity contribution is 9.08. The van der Waals surface area contributed by atoms with E-state index in [-0.39, 0.29) is 5.97 Å². The Morgan fingerprint density at radius 1 is 1.27 bits per heavy atom. The van der Waals surface area contributed by atoms with Crippen molar-refractivity contribution < 1.29 is 9.53 Å². The Bertz CT molecular complexity index is 306. The maximum Gasteiger partial charge on any atom is 0.310 e. The van der Waals surface area contributed by atoms with E-state index in [2.05, 4.69) is 15.9 Å². The second kappa shape index (κ2) is 6.62. The van der Waals surface area contributed by atoms with Gasteiger partial charge in [-0.15, -0.1) is 0 Å². The fraction of sp³-hybridized carbons (Fsp3) is 0.417. The number of carbonyl (C=O) groups excluding carboxylic acids is 1. The molecule has 1 aromatic rings. The minimum absolute atomic E-state index is 0.150. The van der Waals surface area contributed by atoms with Crippen molar-refractivity contribution in [2.24, 2.45) is 0 Å². The molecule has 0 unspecified atom stereocenters. The lowest BCUT2D eigenvalue weighted by Crippen LogP contribution is -2.08. The smallest absolute Gasteiger partial charge is 0.310 e. The molecule has 0 aliphatic rings. The summed E-state index contributed by atoms with van der Waals surface area (Å²) in [6.45, 7) is 2.50. The van der Waals surface area contributed by atoms with Crippen LogP contribution in [0.2, 0.25) is 0 Å². The summed E-state index contributed by atoms with van der Waals surface area (Å²) in [4.78, 5) is 11.3. The summed E-state index contributed by atoms with van der Waals surface area (Å²) in [5, 5.41) is 0.841. The van der Waals surface area contributed by atoms with Crippen molar-refractivity contribution in [2.75, 3.05) is 6.61 Å². The monoisotopic (exact) mass is 270 g/mol. The third-order valence-corrected chi connectivity index (χ3v) is 2.64. The van der Waals surface area contributed by atoms with Gasteiger partial charge in [-0.1, -0.05) is 47.1 Å². The van der Waals surface area contributed by atoms with Crippen LogP contribution in [0, 0.1) is 0 Å². The maximum absolute atomic E-state index is 11.3. The third kappa shape index (κ3) is 4.47. The SMILES string of the molecule is CCCOC(=O)Cc1ccc(CBr)cc1. The van der Waals surface area contributed by atoms with Gasteiger partial charge in [0, 0.05) is 5.33 Å². The Morgan fingerprint density at radius 3 is 2.40 bits per heavy atom. The average molecular weight is 271 g/mol. The van der Waals surface area contributed by atoms with Gasteiger partial charge in [-0.2, -0.15) is 0 Å². The van der Waals surface area contributed by atoms with Crippen molar-refractivity contribution in [2.45, 2.75) is 25.1 Å². The summed E-state index contributed by atoms with van der Waals surface area (Å²) in [7, 11) is 0. The molecular formula is C12H15BrO2. The molecule has 1 aromatic carbocycles. The van der Waals surface area contributed by atoms with E-state index in [1.54, 1.807) is 0 Å². The number of benzene rings is 1. The van der Waals surface area contributed by atoms with Crippen LogP contribution in [0.4, 0.5) is 0 Å². The highest BCUT2D eigenvalue weighted by Gasteiger charge is 2.03. The predicted molar refractivity (Wildman–Crippen MR) is 64.0 cm³/mol. The van der Waals surface area contributed by atoms with E-state index >= 15 is 0 Å². The van der Waals surface area contributed by atoms with E-state index in [9.17, 15) is 4.79 Å². The van der Waals surface area contributed by atoms with Crippen LogP contribution in [0.3, 0.4) is 0 Å². The van der Waals surface area contributed by atoms with E-state index < -0.39 is 0 Å². The number of ether oxygens (including phenoxy) is 1. The van der Waals surface area contributed by atoms with Crippen molar-refractivity contribution in [1.82, 2.24) is 0 Å². The lowest BCUT2D eigenvalue weighted by Gasteiger charge is -2.03. The van der Waals surface area contributed by atoms with Gasteiger partial charge in [-0.3, -0.25) is 4.79 Å². The second-order valence-electron chi connectivity index (χ2n) is 3.35. The zero-order valence-electron chi connectivity index (χ0n) is 8.83. The van der Waals surface area contributed by atoms with Crippen molar-refractivity contribution in [1.29, 1.82) is 0 Å². The quantitative estimate of drug-likeness (QED) is 0.607. The van der Waals surface area contributed by atoms with Crippen LogP contribution in [-0.2, 0) is 21.3 Å². The summed E-state index contributed by atoms with van der Waals surface area (Å²) < 4.78 is 5.00. The van der Waals surface area contributed by atoms with Gasteiger partial charge in [0.25, 0.3) is 0 Å². The molecule has 0 atom stereocenters. The Labute approximate surface area is 98.8 Å². The molecule has 0 bridgehead atoms. The van der Waals surface area contributed by atoms with Crippen LogP contribution in [0.1, 0.15) is 24.5 Å². The zero-order valence-corrected chi connectivity index (χ0v) is 10.4. The minimum atomic E-state index is -0.150. The molecular weight excluding hydrogens is 256 g/mol. The Morgan fingerprint density at radius 2 is 1.87 bits per heavy atom. The molecule has 0 aromatic heterocycles. The van der Waals surface area contributed by atoms with E-state index in [0.717, 1.165) is 17.3 Å². The molecule has 0 N–H and O–H groups in total. The fourth-order valence-electron chi connectivity index (χ4n) is 1.18. The van der Waals surface area contributed by atoms with Gasteiger partial charge >= 0.3 is 5.97 Å². The second-order valence-corrected chi connectivity index (χ2v) is 3.91. The van der Waals surface area contributed by atoms with Gasteiger partial charge in [0.1, 0.15) is 0 Å². The van der Waals surface area contributed by atoms with Crippen LogP contribution in [0.15, 0.2) is 24.3 Å². The van der Waals surface area contributed by atoms with Crippen LogP contribution < -0.4 is 0 Å². The summed E-state index contributed by atoms with van der Waals surface area (Å²) in [5.74, 6) is -0.150. The van der Waals surface area contributed by atoms with E-state index in [4.69, 9.17) is 4.74 Å². The number of hydrogen-bond donors (Lipinski definition) is 0. The van der Waals surface area contributed by atoms with Gasteiger partial charge in [0.2, 0.25) is 0 Å². The largest absolute Gasteiger partial charge is 0.465 e. The van der Waals surface area contributed by atoms with Crippen molar-refractivity contribution in [3.63, 3.8) is 0 Å². The van der Waals surface area contributed by atoms with Crippen molar-refractivity contribution in [3.8, 4) is 0 Å². The first kappa shape index (κ1) is 12.2. The standard InChI is InChI=1S/C12H15BrO2/c1-2-7-15-12(14)8-10-3-5-11(9-13)6-4-10/h3-6H,2,7-9H2,1H3. The molecule has 0 saturated carbocycles. The molecule has 3 heteroatoms. The molecule has 0 fully saturated rings. The molecule has 0 saturated heterocycles. The minimum Gasteiger partial charge on any atom is -0.465 e. The number of alkyl halides is 1. The molecule has 0 heterocycles. The molecule has 15 heavy (non-hydrogen) atoms. The summed E-state index contributed by atoms with van der Waals surface area (Å²) in [6, 6.07) is 7.95. The summed E-state index contributed by atoms with van der Waals surface area (Å²) >= 11 is 3.38. The molecule has 0 amide bonds. The number of rotatable bonds is 5. The average Bonchev–Trinajstić information content (AvgIpc) is 2.27. The molecule has 0 radical (unpaired) electrons. The van der Waals surface area contributed by atoms with Gasteiger partial charge in [-0.05, 0) is 17.5 Å². The first-order valence-electron chi connectivity index (χ1n) is 5.05. The molecule has 2 nitrogen and oxygen atoms in total. The van der Waals surface area contributed by atoms with Crippen molar-refractivity contribution >= 4 is 21.9 Å². The van der Waals surface area contributed by atoms with Gasteiger partial charge in [0.05, 0.1) is 13.0 Å². The first-order chi connectivity index (χ1) is 7.26. The molecule has 1 rings (SSSR count). The van der Waals surface area contributed by atoms with Crippen LogP contribution in [0.25, 0.3) is 0 Å². The number of halogens is 1. The molecule has 0 spiro atoms.